The van der Waals surface area contributed by atoms with Crippen LogP contribution in [0, 0.1) is 5.82 Å². The second-order valence-corrected chi connectivity index (χ2v) is 4.37. The molecule has 1 heterocycles. The Hall–Kier alpha value is -2.04. The van der Waals surface area contributed by atoms with E-state index in [4.69, 9.17) is 4.52 Å². The van der Waals surface area contributed by atoms with E-state index in [1.54, 1.807) is 12.1 Å². The van der Waals surface area contributed by atoms with Crippen LogP contribution in [0.2, 0.25) is 0 Å². The number of carbonyl (C=O) groups is 1. The predicted molar refractivity (Wildman–Crippen MR) is 61.3 cm³/mol. The minimum Gasteiger partial charge on any atom is -0.338 e. The Morgan fingerprint density at radius 3 is 2.72 bits per heavy atom. The van der Waals surface area contributed by atoms with Gasteiger partial charge in [0.2, 0.25) is 11.7 Å². The summed E-state index contributed by atoms with van der Waals surface area (Å²) in [5.74, 6) is 0.353. The van der Waals surface area contributed by atoms with Crippen LogP contribution in [0.1, 0.15) is 31.1 Å². The molecule has 0 bridgehead atoms. The number of carbonyl (C=O) groups excluding carboxylic acids is 1. The molecular formula is C13H11FN2O2. The van der Waals surface area contributed by atoms with Crippen molar-refractivity contribution in [2.24, 2.45) is 0 Å². The lowest BCUT2D eigenvalue weighted by Gasteiger charge is -1.98. The van der Waals surface area contributed by atoms with Crippen LogP contribution in [0.25, 0.3) is 11.4 Å². The fourth-order valence-corrected chi connectivity index (χ4v) is 2.17. The molecule has 1 aromatic carbocycles. The quantitative estimate of drug-likeness (QED) is 0.817. The lowest BCUT2D eigenvalue weighted by atomic mass is 10.1. The molecule has 0 amide bonds. The standard InChI is InChI=1S/C13H11FN2O2/c14-9-6-4-8(5-7-9)12-15-13(18-16-12)10-2-1-3-11(10)17/h4-7,10H,1-3H2. The number of halogens is 1. The molecule has 1 saturated carbocycles. The minimum atomic E-state index is -0.312. The number of nitrogens with zero attached hydrogens (tertiary/aromatic N) is 2. The lowest BCUT2D eigenvalue weighted by Crippen LogP contribution is -2.04. The Morgan fingerprint density at radius 1 is 1.28 bits per heavy atom. The van der Waals surface area contributed by atoms with Crippen molar-refractivity contribution < 1.29 is 13.7 Å². The molecule has 0 radical (unpaired) electrons. The van der Waals surface area contributed by atoms with Gasteiger partial charge in [-0.05, 0) is 37.1 Å². The normalized spacial score (nSPS) is 19.4. The Bertz CT molecular complexity index is 577. The number of benzene rings is 1. The summed E-state index contributed by atoms with van der Waals surface area (Å²) < 4.78 is 17.9. The van der Waals surface area contributed by atoms with Crippen molar-refractivity contribution in [2.45, 2.75) is 25.2 Å². The molecule has 0 aliphatic heterocycles. The SMILES string of the molecule is O=C1CCCC1c1nc(-c2ccc(F)cc2)no1. The molecule has 1 aromatic heterocycles. The summed E-state index contributed by atoms with van der Waals surface area (Å²) >= 11 is 0. The van der Waals surface area contributed by atoms with E-state index < -0.39 is 0 Å². The first-order valence-electron chi connectivity index (χ1n) is 5.86. The summed E-state index contributed by atoms with van der Waals surface area (Å²) in [5, 5.41) is 3.83. The monoisotopic (exact) mass is 246 g/mol. The number of hydrogen-bond donors (Lipinski definition) is 0. The number of Topliss-reactive ketones (excluding diaryl/α,β-unsaturated/α-hetero) is 1. The highest BCUT2D eigenvalue weighted by atomic mass is 19.1. The average molecular weight is 246 g/mol. The van der Waals surface area contributed by atoms with Crippen molar-refractivity contribution in [1.82, 2.24) is 10.1 Å². The summed E-state index contributed by atoms with van der Waals surface area (Å²) in [5.41, 5.74) is 0.678. The third kappa shape index (κ3) is 1.92. The van der Waals surface area contributed by atoms with Crippen LogP contribution in [-0.4, -0.2) is 15.9 Å². The number of ketones is 1. The van der Waals surface area contributed by atoms with Crippen LogP contribution in [0.5, 0.6) is 0 Å². The van der Waals surface area contributed by atoms with Crippen molar-refractivity contribution >= 4 is 5.78 Å². The average Bonchev–Trinajstić information content (AvgIpc) is 2.98. The summed E-state index contributed by atoms with van der Waals surface area (Å²) in [7, 11) is 0. The van der Waals surface area contributed by atoms with E-state index in [1.807, 2.05) is 0 Å². The predicted octanol–water partition coefficient (Wildman–Crippen LogP) is 2.71. The molecule has 0 saturated heterocycles. The second kappa shape index (κ2) is 4.33. The van der Waals surface area contributed by atoms with Gasteiger partial charge in [0.05, 0.1) is 5.92 Å². The third-order valence-corrected chi connectivity index (χ3v) is 3.15. The first-order valence-corrected chi connectivity index (χ1v) is 5.86. The molecule has 0 spiro atoms. The zero-order chi connectivity index (χ0) is 12.5. The molecule has 18 heavy (non-hydrogen) atoms. The molecule has 1 aliphatic rings. The smallest absolute Gasteiger partial charge is 0.237 e. The molecule has 1 unspecified atom stereocenters. The molecule has 0 N–H and O–H groups in total. The van der Waals surface area contributed by atoms with E-state index in [2.05, 4.69) is 10.1 Å². The van der Waals surface area contributed by atoms with Crippen LogP contribution < -0.4 is 0 Å². The van der Waals surface area contributed by atoms with Gasteiger partial charge in [-0.1, -0.05) is 5.16 Å². The minimum absolute atomic E-state index is 0.157. The van der Waals surface area contributed by atoms with Crippen molar-refractivity contribution in [3.63, 3.8) is 0 Å². The van der Waals surface area contributed by atoms with Crippen LogP contribution in [0.15, 0.2) is 28.8 Å². The third-order valence-electron chi connectivity index (χ3n) is 3.15. The van der Waals surface area contributed by atoms with Crippen LogP contribution in [-0.2, 0) is 4.79 Å². The summed E-state index contributed by atoms with van der Waals surface area (Å²) in [4.78, 5) is 15.8. The zero-order valence-corrected chi connectivity index (χ0v) is 9.60. The highest BCUT2D eigenvalue weighted by molar-refractivity contribution is 5.86. The zero-order valence-electron chi connectivity index (χ0n) is 9.60. The van der Waals surface area contributed by atoms with Crippen molar-refractivity contribution in [2.75, 3.05) is 0 Å². The number of hydrogen-bond acceptors (Lipinski definition) is 4. The maximum Gasteiger partial charge on any atom is 0.237 e. The van der Waals surface area contributed by atoms with E-state index >= 15 is 0 Å². The maximum absolute atomic E-state index is 12.8. The largest absolute Gasteiger partial charge is 0.338 e. The Labute approximate surface area is 103 Å². The summed E-state index contributed by atoms with van der Waals surface area (Å²) in [6.07, 6.45) is 2.22. The highest BCUT2D eigenvalue weighted by Gasteiger charge is 2.30. The Balaban J connectivity index is 1.89. The van der Waals surface area contributed by atoms with Crippen molar-refractivity contribution in [3.8, 4) is 11.4 Å². The first-order chi connectivity index (χ1) is 8.74. The number of aromatic nitrogens is 2. The van der Waals surface area contributed by atoms with E-state index in [0.29, 0.717) is 23.7 Å². The molecule has 3 rings (SSSR count). The Kier molecular flexibility index (Phi) is 2.66. The summed E-state index contributed by atoms with van der Waals surface area (Å²) in [6.45, 7) is 0. The van der Waals surface area contributed by atoms with E-state index in [0.717, 1.165) is 12.8 Å². The molecule has 2 aromatic rings. The van der Waals surface area contributed by atoms with Gasteiger partial charge in [-0.2, -0.15) is 4.98 Å². The maximum atomic E-state index is 12.8. The van der Waals surface area contributed by atoms with Crippen molar-refractivity contribution in [3.05, 3.63) is 36.0 Å². The van der Waals surface area contributed by atoms with Gasteiger partial charge in [0.15, 0.2) is 0 Å². The molecule has 1 fully saturated rings. The van der Waals surface area contributed by atoms with E-state index in [1.165, 1.54) is 12.1 Å². The number of rotatable bonds is 2. The van der Waals surface area contributed by atoms with E-state index in [9.17, 15) is 9.18 Å². The van der Waals surface area contributed by atoms with Gasteiger partial charge in [0, 0.05) is 12.0 Å². The fourth-order valence-electron chi connectivity index (χ4n) is 2.17. The summed E-state index contributed by atoms with van der Waals surface area (Å²) in [6, 6.07) is 5.85. The topological polar surface area (TPSA) is 56.0 Å². The molecule has 1 aliphatic carbocycles. The van der Waals surface area contributed by atoms with Gasteiger partial charge < -0.3 is 4.52 Å². The van der Waals surface area contributed by atoms with E-state index in [-0.39, 0.29) is 17.5 Å². The van der Waals surface area contributed by atoms with Gasteiger partial charge in [0.1, 0.15) is 11.6 Å². The van der Waals surface area contributed by atoms with Crippen LogP contribution in [0.4, 0.5) is 4.39 Å². The van der Waals surface area contributed by atoms with Gasteiger partial charge in [-0.3, -0.25) is 4.79 Å². The second-order valence-electron chi connectivity index (χ2n) is 4.37. The Morgan fingerprint density at radius 2 is 2.06 bits per heavy atom. The highest BCUT2D eigenvalue weighted by Crippen LogP contribution is 2.31. The van der Waals surface area contributed by atoms with Gasteiger partial charge >= 0.3 is 0 Å². The molecular weight excluding hydrogens is 235 g/mol. The van der Waals surface area contributed by atoms with Gasteiger partial charge in [-0.25, -0.2) is 4.39 Å². The van der Waals surface area contributed by atoms with Crippen LogP contribution >= 0.6 is 0 Å². The van der Waals surface area contributed by atoms with Crippen molar-refractivity contribution in [1.29, 1.82) is 0 Å². The molecule has 4 nitrogen and oxygen atoms in total. The van der Waals surface area contributed by atoms with Crippen LogP contribution in [0.3, 0.4) is 0 Å². The van der Waals surface area contributed by atoms with Gasteiger partial charge in [0.25, 0.3) is 0 Å². The molecule has 1 atom stereocenters. The van der Waals surface area contributed by atoms with Gasteiger partial charge in [-0.15, -0.1) is 0 Å². The first kappa shape index (κ1) is 11.1. The molecule has 92 valence electrons. The molecule has 5 heteroatoms. The fraction of sp³-hybridized carbons (Fsp3) is 0.308. The lowest BCUT2D eigenvalue weighted by molar-refractivity contribution is -0.119.